The molecule has 2 aromatic rings. The molecule has 0 amide bonds. The molecule has 0 spiro atoms. The Morgan fingerprint density at radius 2 is 2.04 bits per heavy atom. The Kier molecular flexibility index (Phi) is 5.68. The topological polar surface area (TPSA) is 117 Å². The number of hydrogen-bond donors (Lipinski definition) is 3. The highest BCUT2D eigenvalue weighted by atomic mass is 15.5. The predicted molar refractivity (Wildman–Crippen MR) is 111 cm³/mol. The van der Waals surface area contributed by atoms with E-state index in [1.54, 1.807) is 0 Å². The maximum atomic E-state index is 6.03. The van der Waals surface area contributed by atoms with Crippen molar-refractivity contribution in [2.24, 2.45) is 15.7 Å². The molecule has 1 saturated carbocycles. The Morgan fingerprint density at radius 1 is 1.18 bits per heavy atom. The number of rotatable bonds is 5. The summed E-state index contributed by atoms with van der Waals surface area (Å²) in [5.41, 5.74) is 9.02. The van der Waals surface area contributed by atoms with Gasteiger partial charge in [-0.15, -0.1) is 10.2 Å². The third-order valence-electron chi connectivity index (χ3n) is 5.31. The standard InChI is InChI=1S/C20H26N8/c1-13-20(23-17-8-6-16(21)7-9-17)24-18(12-22-13)15-4-2-3-14(11-15)5-10-19-25-27-28-26-19/h2-5,10-13,16-17,20,23H,6-9,21H2,1H3,(H,25,26,27,28)/b10-5+. The van der Waals surface area contributed by atoms with Crippen molar-refractivity contribution >= 4 is 24.1 Å². The summed E-state index contributed by atoms with van der Waals surface area (Å²) < 4.78 is 0. The van der Waals surface area contributed by atoms with Gasteiger partial charge < -0.3 is 5.73 Å². The van der Waals surface area contributed by atoms with E-state index >= 15 is 0 Å². The van der Waals surface area contributed by atoms with Gasteiger partial charge in [0.15, 0.2) is 5.82 Å². The summed E-state index contributed by atoms with van der Waals surface area (Å²) in [4.78, 5) is 9.63. The summed E-state index contributed by atoms with van der Waals surface area (Å²) in [5, 5.41) is 17.5. The molecule has 1 aliphatic heterocycles. The van der Waals surface area contributed by atoms with Crippen molar-refractivity contribution in [3.63, 3.8) is 0 Å². The minimum absolute atomic E-state index is 0.00199. The number of aromatic nitrogens is 4. The number of H-pyrrole nitrogens is 1. The molecule has 8 heteroatoms. The van der Waals surface area contributed by atoms with Crippen LogP contribution in [0.2, 0.25) is 0 Å². The van der Waals surface area contributed by atoms with Gasteiger partial charge in [-0.1, -0.05) is 24.3 Å². The Morgan fingerprint density at radius 3 is 2.82 bits per heavy atom. The first-order valence-electron chi connectivity index (χ1n) is 9.82. The number of benzene rings is 1. The number of aliphatic imine (C=N–C) groups is 2. The van der Waals surface area contributed by atoms with E-state index in [1.165, 1.54) is 0 Å². The molecule has 8 nitrogen and oxygen atoms in total. The summed E-state index contributed by atoms with van der Waals surface area (Å²) in [5.74, 6) is 0.548. The van der Waals surface area contributed by atoms with Gasteiger partial charge in [0.1, 0.15) is 6.17 Å². The number of tetrazole rings is 1. The minimum atomic E-state index is -0.00199. The number of aromatic amines is 1. The lowest BCUT2D eigenvalue weighted by molar-refractivity contribution is 0.303. The average Bonchev–Trinajstić information content (AvgIpc) is 3.24. The van der Waals surface area contributed by atoms with Gasteiger partial charge >= 0.3 is 0 Å². The zero-order valence-electron chi connectivity index (χ0n) is 16.0. The Labute approximate surface area is 164 Å². The van der Waals surface area contributed by atoms with Gasteiger partial charge in [-0.2, -0.15) is 5.21 Å². The third-order valence-corrected chi connectivity index (χ3v) is 5.31. The Bertz CT molecular complexity index is 862. The first-order chi connectivity index (χ1) is 13.7. The highest BCUT2D eigenvalue weighted by Crippen LogP contribution is 2.20. The molecule has 0 saturated heterocycles. The van der Waals surface area contributed by atoms with Crippen molar-refractivity contribution < 1.29 is 0 Å². The SMILES string of the molecule is CC1N=CC(c2cccc(/C=C/c3nn[nH]n3)c2)=NC1NC1CCC(N)CC1. The lowest BCUT2D eigenvalue weighted by Gasteiger charge is -2.32. The first kappa shape index (κ1) is 18.6. The summed E-state index contributed by atoms with van der Waals surface area (Å²) in [6.45, 7) is 2.10. The van der Waals surface area contributed by atoms with Crippen LogP contribution in [0.1, 0.15) is 49.6 Å². The third kappa shape index (κ3) is 4.58. The second-order valence-electron chi connectivity index (χ2n) is 7.49. The normalized spacial score (nSPS) is 27.9. The molecule has 1 aromatic carbocycles. The molecule has 2 atom stereocenters. The summed E-state index contributed by atoms with van der Waals surface area (Å²) in [6.07, 6.45) is 10.0. The highest BCUT2D eigenvalue weighted by Gasteiger charge is 2.25. The van der Waals surface area contributed by atoms with Crippen molar-refractivity contribution in [2.75, 3.05) is 0 Å². The van der Waals surface area contributed by atoms with Crippen LogP contribution in [0.5, 0.6) is 0 Å². The molecule has 0 bridgehead atoms. The second-order valence-corrected chi connectivity index (χ2v) is 7.49. The lowest BCUT2D eigenvalue weighted by Crippen LogP contribution is -2.47. The molecule has 1 aromatic heterocycles. The smallest absolute Gasteiger partial charge is 0.197 e. The van der Waals surface area contributed by atoms with Crippen LogP contribution in [0, 0.1) is 0 Å². The molecular formula is C20H26N8. The summed E-state index contributed by atoms with van der Waals surface area (Å²) >= 11 is 0. The fraction of sp³-hybridized carbons (Fsp3) is 0.450. The van der Waals surface area contributed by atoms with Crippen molar-refractivity contribution in [1.82, 2.24) is 25.9 Å². The van der Waals surface area contributed by atoms with Gasteiger partial charge in [-0.3, -0.25) is 15.3 Å². The molecule has 4 N–H and O–H groups in total. The van der Waals surface area contributed by atoms with Crippen LogP contribution in [-0.4, -0.2) is 56.8 Å². The maximum absolute atomic E-state index is 6.03. The van der Waals surface area contributed by atoms with Gasteiger partial charge in [0.05, 0.1) is 11.8 Å². The molecule has 146 valence electrons. The van der Waals surface area contributed by atoms with Gasteiger partial charge in [-0.05, 0) is 55.5 Å². The number of nitrogens with zero attached hydrogens (tertiary/aromatic N) is 5. The van der Waals surface area contributed by atoms with E-state index in [4.69, 9.17) is 10.7 Å². The van der Waals surface area contributed by atoms with Crippen LogP contribution in [0.15, 0.2) is 34.3 Å². The predicted octanol–water partition coefficient (Wildman–Crippen LogP) is 1.82. The largest absolute Gasteiger partial charge is 0.328 e. The molecular weight excluding hydrogens is 352 g/mol. The van der Waals surface area contributed by atoms with E-state index in [0.717, 1.165) is 42.5 Å². The highest BCUT2D eigenvalue weighted by molar-refractivity contribution is 6.38. The van der Waals surface area contributed by atoms with Crippen LogP contribution in [-0.2, 0) is 0 Å². The van der Waals surface area contributed by atoms with E-state index in [1.807, 2.05) is 30.5 Å². The molecule has 2 aliphatic rings. The minimum Gasteiger partial charge on any atom is -0.328 e. The van der Waals surface area contributed by atoms with Crippen molar-refractivity contribution in [2.45, 2.75) is 56.9 Å². The Hall–Kier alpha value is -2.71. The number of nitrogens with one attached hydrogen (secondary N) is 2. The van der Waals surface area contributed by atoms with Gasteiger partial charge in [0, 0.05) is 23.9 Å². The number of hydrogen-bond acceptors (Lipinski definition) is 7. The zero-order valence-corrected chi connectivity index (χ0v) is 16.0. The summed E-state index contributed by atoms with van der Waals surface area (Å²) in [7, 11) is 0. The quantitative estimate of drug-likeness (QED) is 0.733. The van der Waals surface area contributed by atoms with E-state index in [2.05, 4.69) is 50.0 Å². The maximum Gasteiger partial charge on any atom is 0.197 e. The van der Waals surface area contributed by atoms with Gasteiger partial charge in [0.2, 0.25) is 0 Å². The molecule has 2 heterocycles. The molecule has 28 heavy (non-hydrogen) atoms. The molecule has 4 rings (SSSR count). The molecule has 0 radical (unpaired) electrons. The molecule has 1 aliphatic carbocycles. The fourth-order valence-electron chi connectivity index (χ4n) is 3.63. The van der Waals surface area contributed by atoms with Crippen LogP contribution in [0.25, 0.3) is 12.2 Å². The zero-order chi connectivity index (χ0) is 19.3. The van der Waals surface area contributed by atoms with Crippen LogP contribution < -0.4 is 11.1 Å². The fourth-order valence-corrected chi connectivity index (χ4v) is 3.63. The Balaban J connectivity index is 1.48. The van der Waals surface area contributed by atoms with Crippen molar-refractivity contribution in [1.29, 1.82) is 0 Å². The second kappa shape index (κ2) is 8.53. The van der Waals surface area contributed by atoms with E-state index in [9.17, 15) is 0 Å². The van der Waals surface area contributed by atoms with Crippen LogP contribution >= 0.6 is 0 Å². The van der Waals surface area contributed by atoms with Crippen LogP contribution in [0.4, 0.5) is 0 Å². The molecule has 1 fully saturated rings. The van der Waals surface area contributed by atoms with Crippen LogP contribution in [0.3, 0.4) is 0 Å². The van der Waals surface area contributed by atoms with E-state index < -0.39 is 0 Å². The van der Waals surface area contributed by atoms with E-state index in [-0.39, 0.29) is 12.2 Å². The monoisotopic (exact) mass is 378 g/mol. The molecule has 2 unspecified atom stereocenters. The lowest BCUT2D eigenvalue weighted by atomic mass is 9.91. The number of nitrogens with two attached hydrogens (primary N) is 1. The van der Waals surface area contributed by atoms with Gasteiger partial charge in [-0.25, -0.2) is 0 Å². The van der Waals surface area contributed by atoms with Crippen molar-refractivity contribution in [3.05, 3.63) is 41.2 Å². The average molecular weight is 378 g/mol. The summed E-state index contributed by atoms with van der Waals surface area (Å²) in [6, 6.07) is 9.14. The first-order valence-corrected chi connectivity index (χ1v) is 9.82. The van der Waals surface area contributed by atoms with Crippen molar-refractivity contribution in [3.8, 4) is 0 Å². The van der Waals surface area contributed by atoms with E-state index in [0.29, 0.717) is 17.9 Å². The van der Waals surface area contributed by atoms with Gasteiger partial charge in [0.25, 0.3) is 0 Å².